The summed E-state index contributed by atoms with van der Waals surface area (Å²) in [5, 5.41) is 17.2. The van der Waals surface area contributed by atoms with Gasteiger partial charge in [-0.2, -0.15) is 0 Å². The van der Waals surface area contributed by atoms with Gasteiger partial charge in [-0.1, -0.05) is 50.1 Å². The number of anilines is 2. The molecule has 66 heavy (non-hydrogen) atoms. The average Bonchev–Trinajstić information content (AvgIpc) is 3.86. The largest absolute Gasteiger partial charge is 0.455 e. The van der Waals surface area contributed by atoms with E-state index >= 15 is 0 Å². The molecule has 2 saturated carbocycles. The second-order valence-corrected chi connectivity index (χ2v) is 22.2. The number of aromatic nitrogens is 2. The van der Waals surface area contributed by atoms with Crippen LogP contribution in [-0.2, 0) is 14.8 Å². The predicted molar refractivity (Wildman–Crippen MR) is 256 cm³/mol. The number of carbonyl (C=O) groups is 1. The quantitative estimate of drug-likeness (QED) is 0.0758. The minimum Gasteiger partial charge on any atom is -0.455 e. The summed E-state index contributed by atoms with van der Waals surface area (Å²) in [7, 11) is -4.58. The number of H-pyrrole nitrogens is 1. The highest BCUT2D eigenvalue weighted by Crippen LogP contribution is 2.57. The van der Waals surface area contributed by atoms with Gasteiger partial charge in [0.2, 0.25) is 0 Å². The summed E-state index contributed by atoms with van der Waals surface area (Å²) in [6, 6.07) is 20.6. The average molecular weight is 935 g/mol. The summed E-state index contributed by atoms with van der Waals surface area (Å²) in [6.07, 6.45) is 10.9. The van der Waals surface area contributed by atoms with Crippen LogP contribution in [0.15, 0.2) is 95.7 Å². The molecule has 0 radical (unpaired) electrons. The Kier molecular flexibility index (Phi) is 11.6. The summed E-state index contributed by atoms with van der Waals surface area (Å²) in [6.45, 7) is 11.4. The second kappa shape index (κ2) is 17.3. The Balaban J connectivity index is 0.861. The number of hydrogen-bond acceptors (Lipinski definition) is 11. The lowest BCUT2D eigenvalue weighted by atomic mass is 9.59. The number of pyridine rings is 1. The molecule has 14 nitrogen and oxygen atoms in total. The Hall–Kier alpha value is -5.48. The maximum atomic E-state index is 14.1. The molecule has 3 bridgehead atoms. The number of nitrogens with one attached hydrogen (secondary N) is 3. The fourth-order valence-electron chi connectivity index (χ4n) is 11.6. The number of rotatable bonds is 13. The first-order valence-electron chi connectivity index (χ1n) is 23.0. The van der Waals surface area contributed by atoms with Crippen LogP contribution in [0.1, 0.15) is 81.6 Å². The zero-order chi connectivity index (χ0) is 46.0. The lowest BCUT2D eigenvalue weighted by Gasteiger charge is -2.46. The van der Waals surface area contributed by atoms with Crippen molar-refractivity contribution in [3.8, 4) is 11.5 Å². The lowest BCUT2D eigenvalue weighted by molar-refractivity contribution is -0.384. The van der Waals surface area contributed by atoms with Gasteiger partial charge in [0.25, 0.3) is 21.6 Å². The van der Waals surface area contributed by atoms with E-state index in [0.717, 1.165) is 99.8 Å². The zero-order valence-electron chi connectivity index (χ0n) is 37.5. The first-order valence-corrected chi connectivity index (χ1v) is 24.9. The van der Waals surface area contributed by atoms with Gasteiger partial charge in [-0.15, -0.1) is 0 Å². The number of aromatic amines is 1. The standard InChI is InChI=1S/C50H56ClN7O7S/c1-31-24-50(25-35-21-38(26-50)65-46(31)35)30-54-43-11-9-40(23-44(43)58(60)61)66(62,63)55-48(59)41-10-8-37(22-45(41)64-39-20-33-13-15-52-47(33)53-28-39)57-18-16-56(17-19-57)29-34-12-14-49(2,3)27-42(34)32-4-6-36(51)7-5-32/h4-11,13,15,20,22-23,28,31,35,38,46,54H,12,14,16-19,21,24-27,29-30H2,1-3H3,(H,52,53)(H,55,59). The summed E-state index contributed by atoms with van der Waals surface area (Å²) in [5.41, 5.74) is 5.58. The Bertz CT molecular complexity index is 2830. The number of allylic oxidation sites excluding steroid dienone is 1. The van der Waals surface area contributed by atoms with Crippen molar-refractivity contribution < 1.29 is 27.6 Å². The van der Waals surface area contributed by atoms with E-state index in [0.29, 0.717) is 29.8 Å². The maximum absolute atomic E-state index is 14.1. The Labute approximate surface area is 390 Å². The van der Waals surface area contributed by atoms with Crippen LogP contribution >= 0.6 is 11.6 Å². The topological polar surface area (TPSA) is 172 Å². The smallest absolute Gasteiger partial charge is 0.293 e. The number of nitro groups is 1. The highest BCUT2D eigenvalue weighted by atomic mass is 35.5. The predicted octanol–water partition coefficient (Wildman–Crippen LogP) is 9.83. The van der Waals surface area contributed by atoms with Crippen molar-refractivity contribution in [2.45, 2.75) is 82.8 Å². The van der Waals surface area contributed by atoms with E-state index in [-0.39, 0.29) is 45.7 Å². The molecule has 2 aromatic heterocycles. The van der Waals surface area contributed by atoms with Gasteiger partial charge >= 0.3 is 0 Å². The summed E-state index contributed by atoms with van der Waals surface area (Å²) < 4.78 is 42.6. The highest BCUT2D eigenvalue weighted by Gasteiger charge is 2.55. The first kappa shape index (κ1) is 44.4. The lowest BCUT2D eigenvalue weighted by Crippen LogP contribution is -2.47. The molecular formula is C50H56ClN7O7S. The van der Waals surface area contributed by atoms with Crippen LogP contribution in [-0.4, -0.2) is 85.6 Å². The summed E-state index contributed by atoms with van der Waals surface area (Å²) >= 11 is 6.26. The number of halogens is 1. The summed E-state index contributed by atoms with van der Waals surface area (Å²) in [4.78, 5) is 37.7. The molecule has 3 aliphatic carbocycles. The minimum atomic E-state index is -4.58. The molecule has 10 rings (SSSR count). The first-order chi connectivity index (χ1) is 31.6. The molecule has 3 aromatic carbocycles. The Morgan fingerprint density at radius 3 is 2.62 bits per heavy atom. The zero-order valence-corrected chi connectivity index (χ0v) is 39.1. The van der Waals surface area contributed by atoms with Crippen LogP contribution in [0, 0.1) is 32.8 Å². The molecule has 2 saturated heterocycles. The number of nitrogens with zero attached hydrogens (tertiary/aromatic N) is 4. The number of fused-ring (bicyclic) bond motifs is 3. The molecule has 5 aromatic rings. The fourth-order valence-corrected chi connectivity index (χ4v) is 12.7. The van der Waals surface area contributed by atoms with Crippen LogP contribution in [0.5, 0.6) is 11.5 Å². The number of benzene rings is 3. The third-order valence-corrected chi connectivity index (χ3v) is 16.3. The van der Waals surface area contributed by atoms with Crippen LogP contribution in [0.3, 0.4) is 0 Å². The SMILES string of the molecule is CC1CC2(CNc3ccc(S(=O)(=O)NC(=O)c4ccc(N5CCN(CC6=C(c7ccc(Cl)cc7)CC(C)(C)CC6)CC5)cc4Oc4cnc5[nH]ccc5c4)cc3[N+](=O)[O-])CC3CC(C2)C1O3. The molecule has 0 spiro atoms. The molecule has 5 atom stereocenters. The van der Waals surface area contributed by atoms with Gasteiger partial charge in [0.15, 0.2) is 0 Å². The molecule has 4 heterocycles. The van der Waals surface area contributed by atoms with Crippen molar-refractivity contribution in [1.29, 1.82) is 0 Å². The van der Waals surface area contributed by atoms with Crippen LogP contribution in [0.2, 0.25) is 5.02 Å². The third-order valence-electron chi connectivity index (χ3n) is 14.8. The number of piperazine rings is 1. The minimum absolute atomic E-state index is 0.0292. The highest BCUT2D eigenvalue weighted by molar-refractivity contribution is 7.90. The number of nitro benzene ring substituents is 1. The van der Waals surface area contributed by atoms with E-state index in [1.54, 1.807) is 30.5 Å². The van der Waals surface area contributed by atoms with Gasteiger partial charge in [0, 0.05) is 73.7 Å². The van der Waals surface area contributed by atoms with Gasteiger partial charge in [0.1, 0.15) is 22.8 Å². The van der Waals surface area contributed by atoms with Gasteiger partial charge in [-0.05, 0) is 127 Å². The van der Waals surface area contributed by atoms with E-state index < -0.39 is 25.7 Å². The van der Waals surface area contributed by atoms with E-state index in [4.69, 9.17) is 21.1 Å². The molecule has 4 fully saturated rings. The van der Waals surface area contributed by atoms with E-state index in [2.05, 4.69) is 62.7 Å². The third kappa shape index (κ3) is 9.02. The maximum Gasteiger partial charge on any atom is 0.293 e. The molecule has 5 unspecified atom stereocenters. The Morgan fingerprint density at radius 2 is 1.83 bits per heavy atom. The van der Waals surface area contributed by atoms with Crippen molar-refractivity contribution in [3.63, 3.8) is 0 Å². The summed E-state index contributed by atoms with van der Waals surface area (Å²) in [5.74, 6) is 0.448. The van der Waals surface area contributed by atoms with E-state index in [1.165, 1.54) is 35.0 Å². The Morgan fingerprint density at radius 1 is 1.03 bits per heavy atom. The van der Waals surface area contributed by atoms with E-state index in [9.17, 15) is 23.3 Å². The van der Waals surface area contributed by atoms with Crippen molar-refractivity contribution in [2.75, 3.05) is 49.5 Å². The molecule has 1 amide bonds. The molecule has 5 aliphatic rings. The van der Waals surface area contributed by atoms with E-state index in [1.807, 2.05) is 18.2 Å². The van der Waals surface area contributed by atoms with Crippen molar-refractivity contribution in [3.05, 3.63) is 117 Å². The fraction of sp³-hybridized carbons (Fsp3) is 0.440. The van der Waals surface area contributed by atoms with Crippen molar-refractivity contribution in [2.24, 2.45) is 22.7 Å². The number of sulfonamides is 1. The number of carbonyl (C=O) groups excluding carboxylic acids is 1. The molecule has 3 N–H and O–H groups in total. The molecule has 16 heteroatoms. The van der Waals surface area contributed by atoms with Crippen LogP contribution in [0.25, 0.3) is 16.6 Å². The normalized spacial score (nSPS) is 25.0. The second-order valence-electron chi connectivity index (χ2n) is 20.1. The molecule has 346 valence electrons. The molecular weight excluding hydrogens is 878 g/mol. The van der Waals surface area contributed by atoms with Gasteiger partial charge in [-0.25, -0.2) is 18.1 Å². The van der Waals surface area contributed by atoms with Crippen molar-refractivity contribution >= 4 is 61.2 Å². The van der Waals surface area contributed by atoms with Gasteiger partial charge in [0.05, 0.1) is 33.8 Å². The van der Waals surface area contributed by atoms with Crippen molar-refractivity contribution in [1.82, 2.24) is 19.6 Å². The van der Waals surface area contributed by atoms with Crippen LogP contribution < -0.4 is 19.7 Å². The van der Waals surface area contributed by atoms with Gasteiger partial charge in [-0.3, -0.25) is 19.8 Å². The molecule has 2 aliphatic heterocycles. The number of amides is 1. The number of ether oxygens (including phenoxy) is 2. The van der Waals surface area contributed by atoms with Gasteiger partial charge < -0.3 is 24.7 Å². The number of hydrogen-bond donors (Lipinski definition) is 3. The van der Waals surface area contributed by atoms with Crippen LogP contribution in [0.4, 0.5) is 17.1 Å². The monoisotopic (exact) mass is 933 g/mol.